The van der Waals surface area contributed by atoms with E-state index in [1.165, 1.54) is 0 Å². The number of aryl methyl sites for hydroxylation is 1. The topological polar surface area (TPSA) is 34.4 Å². The first kappa shape index (κ1) is 10.5. The molecule has 1 aromatic carbocycles. The lowest BCUT2D eigenvalue weighted by Gasteiger charge is -2.05. The van der Waals surface area contributed by atoms with E-state index in [1.807, 2.05) is 29.5 Å². The van der Waals surface area contributed by atoms with E-state index in [0.717, 1.165) is 32.9 Å². The molecule has 3 aromatic rings. The molecule has 3 nitrogen and oxygen atoms in total. The Labute approximate surface area is 106 Å². The monoisotopic (exact) mass is 288 g/mol. The van der Waals surface area contributed by atoms with Gasteiger partial charge < -0.3 is 0 Å². The van der Waals surface area contributed by atoms with Crippen molar-refractivity contribution in [2.45, 2.75) is 6.92 Å². The molecule has 0 saturated carbocycles. The maximum absolute atomic E-state index is 10.8. The Bertz CT molecular complexity index is 746. The molecule has 4 heteroatoms. The van der Waals surface area contributed by atoms with E-state index in [1.54, 1.807) is 6.20 Å². The summed E-state index contributed by atoms with van der Waals surface area (Å²) in [5.74, 6) is 0. The van der Waals surface area contributed by atoms with Crippen molar-refractivity contribution in [1.82, 2.24) is 9.38 Å². The van der Waals surface area contributed by atoms with Crippen LogP contribution in [0.25, 0.3) is 16.6 Å². The van der Waals surface area contributed by atoms with Crippen LogP contribution in [-0.4, -0.2) is 15.7 Å². The first-order valence-electron chi connectivity index (χ1n) is 5.22. The molecule has 0 unspecified atom stereocenters. The Morgan fingerprint density at radius 2 is 2.18 bits per heavy atom. The second-order valence-corrected chi connectivity index (χ2v) is 4.92. The number of pyridine rings is 1. The van der Waals surface area contributed by atoms with Gasteiger partial charge in [-0.25, -0.2) is 4.98 Å². The van der Waals surface area contributed by atoms with Crippen LogP contribution < -0.4 is 0 Å². The maximum atomic E-state index is 10.8. The van der Waals surface area contributed by atoms with Gasteiger partial charge in [0.1, 0.15) is 11.3 Å². The molecular weight excluding hydrogens is 280 g/mol. The van der Waals surface area contributed by atoms with E-state index >= 15 is 0 Å². The molecule has 84 valence electrons. The average Bonchev–Trinajstić information content (AvgIpc) is 2.72. The van der Waals surface area contributed by atoms with E-state index < -0.39 is 0 Å². The van der Waals surface area contributed by atoms with Crippen LogP contribution in [0.5, 0.6) is 0 Å². The van der Waals surface area contributed by atoms with Gasteiger partial charge in [-0.2, -0.15) is 0 Å². The third-order valence-corrected chi connectivity index (χ3v) is 3.35. The lowest BCUT2D eigenvalue weighted by molar-refractivity contribution is 0.111. The summed E-state index contributed by atoms with van der Waals surface area (Å²) in [6.45, 7) is 2.05. The van der Waals surface area contributed by atoms with Gasteiger partial charge in [0, 0.05) is 16.1 Å². The Morgan fingerprint density at radius 1 is 1.35 bits per heavy atom. The zero-order chi connectivity index (χ0) is 12.0. The van der Waals surface area contributed by atoms with E-state index in [2.05, 4.69) is 27.0 Å². The minimum absolute atomic E-state index is 0.458. The van der Waals surface area contributed by atoms with Gasteiger partial charge in [-0.1, -0.05) is 15.9 Å². The summed E-state index contributed by atoms with van der Waals surface area (Å²) in [5.41, 5.74) is 3.47. The van der Waals surface area contributed by atoms with Crippen molar-refractivity contribution >= 4 is 38.8 Å². The van der Waals surface area contributed by atoms with Gasteiger partial charge in [0.05, 0.1) is 5.52 Å². The van der Waals surface area contributed by atoms with Gasteiger partial charge in [-0.15, -0.1) is 0 Å². The highest BCUT2D eigenvalue weighted by Gasteiger charge is 2.07. The molecule has 0 N–H and O–H groups in total. The highest BCUT2D eigenvalue weighted by molar-refractivity contribution is 9.10. The van der Waals surface area contributed by atoms with Gasteiger partial charge in [0.25, 0.3) is 0 Å². The van der Waals surface area contributed by atoms with Crippen molar-refractivity contribution in [3.8, 4) is 0 Å². The van der Waals surface area contributed by atoms with E-state index in [0.29, 0.717) is 5.69 Å². The average molecular weight is 289 g/mol. The first-order valence-corrected chi connectivity index (χ1v) is 6.01. The zero-order valence-corrected chi connectivity index (χ0v) is 10.7. The van der Waals surface area contributed by atoms with E-state index in [4.69, 9.17) is 0 Å². The number of hydrogen-bond acceptors (Lipinski definition) is 2. The van der Waals surface area contributed by atoms with E-state index in [9.17, 15) is 4.79 Å². The number of benzene rings is 1. The van der Waals surface area contributed by atoms with Crippen molar-refractivity contribution in [1.29, 1.82) is 0 Å². The molecule has 0 aliphatic rings. The van der Waals surface area contributed by atoms with Gasteiger partial charge in [0.15, 0.2) is 6.29 Å². The summed E-state index contributed by atoms with van der Waals surface area (Å²) in [4.78, 5) is 15.0. The second-order valence-electron chi connectivity index (χ2n) is 4.00. The van der Waals surface area contributed by atoms with Crippen molar-refractivity contribution in [2.75, 3.05) is 0 Å². The molecule has 0 aliphatic heterocycles. The Kier molecular flexibility index (Phi) is 2.26. The normalized spacial score (nSPS) is 11.2. The van der Waals surface area contributed by atoms with E-state index in [-0.39, 0.29) is 0 Å². The molecule has 2 aromatic heterocycles. The third-order valence-electron chi connectivity index (χ3n) is 2.86. The Morgan fingerprint density at radius 3 is 2.94 bits per heavy atom. The molecule has 0 atom stereocenters. The fourth-order valence-corrected chi connectivity index (χ4v) is 2.43. The minimum atomic E-state index is 0.458. The number of aldehydes is 1. The van der Waals surface area contributed by atoms with Gasteiger partial charge in [-0.05, 0) is 36.8 Å². The molecule has 0 saturated heterocycles. The molecule has 0 spiro atoms. The predicted molar refractivity (Wildman–Crippen MR) is 70.5 cm³/mol. The third kappa shape index (κ3) is 1.56. The maximum Gasteiger partial charge on any atom is 0.170 e. The summed E-state index contributed by atoms with van der Waals surface area (Å²) in [5, 5.41) is 1.15. The minimum Gasteiger partial charge on any atom is -0.299 e. The number of carbonyl (C=O) groups is 1. The Hall–Kier alpha value is -1.68. The van der Waals surface area contributed by atoms with Crippen LogP contribution >= 0.6 is 15.9 Å². The van der Waals surface area contributed by atoms with Crippen molar-refractivity contribution < 1.29 is 4.79 Å². The molecule has 0 aliphatic carbocycles. The van der Waals surface area contributed by atoms with Crippen molar-refractivity contribution in [3.05, 3.63) is 46.2 Å². The summed E-state index contributed by atoms with van der Waals surface area (Å²) in [6, 6.07) is 8.07. The lowest BCUT2D eigenvalue weighted by atomic mass is 10.1. The Balaban J connectivity index is 2.53. The molecule has 17 heavy (non-hydrogen) atoms. The molecule has 0 fully saturated rings. The highest BCUT2D eigenvalue weighted by Crippen LogP contribution is 2.24. The molecule has 2 heterocycles. The SMILES string of the molecule is Cc1cc2nc(C=O)cn2c2ccc(Br)cc12. The number of fused-ring (bicyclic) bond motifs is 3. The molecular formula is C13H9BrN2O. The number of nitrogens with zero attached hydrogens (tertiary/aromatic N) is 2. The smallest absolute Gasteiger partial charge is 0.170 e. The highest BCUT2D eigenvalue weighted by atomic mass is 79.9. The number of rotatable bonds is 1. The van der Waals surface area contributed by atoms with Gasteiger partial charge in [-0.3, -0.25) is 9.20 Å². The molecule has 0 bridgehead atoms. The summed E-state index contributed by atoms with van der Waals surface area (Å²) in [6.07, 6.45) is 2.53. The van der Waals surface area contributed by atoms with Crippen LogP contribution in [0, 0.1) is 6.92 Å². The molecule has 3 rings (SSSR count). The van der Waals surface area contributed by atoms with Gasteiger partial charge >= 0.3 is 0 Å². The molecule has 0 amide bonds. The fourth-order valence-electron chi connectivity index (χ4n) is 2.07. The van der Waals surface area contributed by atoms with Crippen LogP contribution in [0.4, 0.5) is 0 Å². The fraction of sp³-hybridized carbons (Fsp3) is 0.0769. The van der Waals surface area contributed by atoms with Crippen LogP contribution in [-0.2, 0) is 0 Å². The summed E-state index contributed by atoms with van der Waals surface area (Å²) in [7, 11) is 0. The number of hydrogen-bond donors (Lipinski definition) is 0. The number of imidazole rings is 1. The summed E-state index contributed by atoms with van der Waals surface area (Å²) < 4.78 is 2.99. The van der Waals surface area contributed by atoms with Crippen LogP contribution in [0.15, 0.2) is 34.9 Å². The first-order chi connectivity index (χ1) is 8.19. The standard InChI is InChI=1S/C13H9BrN2O/c1-8-4-13-15-10(7-17)6-16(13)12-3-2-9(14)5-11(8)12/h2-7H,1H3. The second kappa shape index (κ2) is 3.67. The van der Waals surface area contributed by atoms with Gasteiger partial charge in [0.2, 0.25) is 0 Å². The van der Waals surface area contributed by atoms with Crippen LogP contribution in [0.2, 0.25) is 0 Å². The lowest BCUT2D eigenvalue weighted by Crippen LogP contribution is -1.89. The zero-order valence-electron chi connectivity index (χ0n) is 9.14. The van der Waals surface area contributed by atoms with Crippen LogP contribution in [0.3, 0.4) is 0 Å². The van der Waals surface area contributed by atoms with Crippen LogP contribution in [0.1, 0.15) is 16.1 Å². The number of aromatic nitrogens is 2. The van der Waals surface area contributed by atoms with Crippen molar-refractivity contribution in [2.24, 2.45) is 0 Å². The summed E-state index contributed by atoms with van der Waals surface area (Å²) >= 11 is 3.47. The number of halogens is 1. The largest absolute Gasteiger partial charge is 0.299 e. The predicted octanol–water partition coefficient (Wildman–Crippen LogP) is 3.37. The van der Waals surface area contributed by atoms with Crippen molar-refractivity contribution in [3.63, 3.8) is 0 Å². The molecule has 0 radical (unpaired) electrons. The quantitative estimate of drug-likeness (QED) is 0.644. The number of carbonyl (C=O) groups excluding carboxylic acids is 1.